The molecule has 0 aliphatic carbocycles. The zero-order valence-corrected chi connectivity index (χ0v) is 18.0. The number of amides is 1. The molecule has 0 aliphatic rings. The number of ether oxygens (including phenoxy) is 1. The van der Waals surface area contributed by atoms with Gasteiger partial charge in [-0.1, -0.05) is 17.7 Å². The number of aryl methyl sites for hydroxylation is 1. The van der Waals surface area contributed by atoms with Crippen molar-refractivity contribution in [3.05, 3.63) is 75.2 Å². The third-order valence-corrected chi connectivity index (χ3v) is 5.35. The number of carbonyl (C=O) groups is 1. The molecule has 146 valence electrons. The van der Waals surface area contributed by atoms with Crippen molar-refractivity contribution in [2.24, 2.45) is 0 Å². The first-order chi connectivity index (χ1) is 13.9. The summed E-state index contributed by atoms with van der Waals surface area (Å²) < 4.78 is 11.9. The smallest absolute Gasteiger partial charge is 0.257 e. The van der Waals surface area contributed by atoms with Gasteiger partial charge < -0.3 is 14.5 Å². The van der Waals surface area contributed by atoms with Crippen molar-refractivity contribution in [1.29, 1.82) is 0 Å². The van der Waals surface area contributed by atoms with E-state index >= 15 is 0 Å². The van der Waals surface area contributed by atoms with Gasteiger partial charge in [-0.3, -0.25) is 4.79 Å². The minimum Gasteiger partial charge on any atom is -0.496 e. The number of hydrogen-bond acceptors (Lipinski definition) is 4. The third kappa shape index (κ3) is 3.99. The first-order valence-electron chi connectivity index (χ1n) is 8.76. The number of fused-ring (bicyclic) bond motifs is 1. The normalized spacial score (nSPS) is 10.9. The molecule has 4 rings (SSSR count). The number of aromatic nitrogens is 1. The molecule has 3 aromatic carbocycles. The maximum atomic E-state index is 12.6. The molecule has 0 saturated carbocycles. The number of benzene rings is 3. The van der Waals surface area contributed by atoms with Crippen molar-refractivity contribution in [3.63, 3.8) is 0 Å². The minimum absolute atomic E-state index is 0.280. The van der Waals surface area contributed by atoms with Crippen LogP contribution in [0.5, 0.6) is 5.75 Å². The van der Waals surface area contributed by atoms with Gasteiger partial charge in [0.2, 0.25) is 5.89 Å². The van der Waals surface area contributed by atoms with E-state index in [9.17, 15) is 4.79 Å². The molecule has 29 heavy (non-hydrogen) atoms. The van der Waals surface area contributed by atoms with Crippen molar-refractivity contribution < 1.29 is 13.9 Å². The van der Waals surface area contributed by atoms with Gasteiger partial charge in [-0.15, -0.1) is 0 Å². The van der Waals surface area contributed by atoms with Gasteiger partial charge >= 0.3 is 0 Å². The van der Waals surface area contributed by atoms with Crippen LogP contribution in [0.4, 0.5) is 5.69 Å². The number of hydrogen-bond donors (Lipinski definition) is 1. The van der Waals surface area contributed by atoms with Crippen LogP contribution < -0.4 is 10.1 Å². The van der Waals surface area contributed by atoms with Gasteiger partial charge in [0.15, 0.2) is 5.58 Å². The Labute approximate surface area is 180 Å². The molecule has 0 atom stereocenters. The number of methoxy groups -OCH3 is 1. The van der Waals surface area contributed by atoms with Crippen LogP contribution in [0.15, 0.2) is 63.5 Å². The lowest BCUT2D eigenvalue weighted by atomic mass is 10.1. The Morgan fingerprint density at radius 3 is 2.69 bits per heavy atom. The number of oxazole rings is 1. The Bertz CT molecular complexity index is 1240. The van der Waals surface area contributed by atoms with Crippen LogP contribution in [0.2, 0.25) is 5.02 Å². The molecule has 0 aliphatic heterocycles. The highest BCUT2D eigenvalue weighted by Crippen LogP contribution is 2.32. The lowest BCUT2D eigenvalue weighted by molar-refractivity contribution is 0.102. The quantitative estimate of drug-likeness (QED) is 0.370. The fraction of sp³-hybridized carbons (Fsp3) is 0.0909. The lowest BCUT2D eigenvalue weighted by Crippen LogP contribution is -2.12. The van der Waals surface area contributed by atoms with Crippen LogP contribution >= 0.6 is 27.5 Å². The second-order valence-electron chi connectivity index (χ2n) is 6.49. The van der Waals surface area contributed by atoms with Gasteiger partial charge in [0, 0.05) is 11.3 Å². The SMILES string of the molecule is COc1ccc(-c2nc3cc(NC(=O)c4ccc(C)cc4Cl)ccc3o2)cc1Br. The van der Waals surface area contributed by atoms with E-state index in [-0.39, 0.29) is 5.91 Å². The molecule has 1 N–H and O–H groups in total. The van der Waals surface area contributed by atoms with E-state index in [1.165, 1.54) is 0 Å². The Hall–Kier alpha value is -2.83. The number of carbonyl (C=O) groups excluding carboxylic acids is 1. The van der Waals surface area contributed by atoms with Gasteiger partial charge in [0.25, 0.3) is 5.91 Å². The maximum Gasteiger partial charge on any atom is 0.257 e. The van der Waals surface area contributed by atoms with E-state index in [2.05, 4.69) is 26.2 Å². The molecular weight excluding hydrogens is 456 g/mol. The second kappa shape index (κ2) is 7.89. The zero-order chi connectivity index (χ0) is 20.5. The molecule has 5 nitrogen and oxygen atoms in total. The molecule has 1 aromatic heterocycles. The van der Waals surface area contributed by atoms with E-state index in [0.717, 1.165) is 21.3 Å². The Morgan fingerprint density at radius 2 is 1.97 bits per heavy atom. The van der Waals surface area contributed by atoms with Crippen LogP contribution in [0.25, 0.3) is 22.6 Å². The van der Waals surface area contributed by atoms with Crippen molar-refractivity contribution in [2.45, 2.75) is 6.92 Å². The summed E-state index contributed by atoms with van der Waals surface area (Å²) in [6, 6.07) is 16.2. The first-order valence-corrected chi connectivity index (χ1v) is 9.93. The number of nitrogens with zero attached hydrogens (tertiary/aromatic N) is 1. The van der Waals surface area contributed by atoms with Gasteiger partial charge in [-0.2, -0.15) is 0 Å². The molecule has 0 unspecified atom stereocenters. The van der Waals surface area contributed by atoms with E-state index in [1.807, 2.05) is 31.2 Å². The highest BCUT2D eigenvalue weighted by Gasteiger charge is 2.14. The molecular formula is C22H16BrClN2O3. The van der Waals surface area contributed by atoms with Crippen LogP contribution in [-0.4, -0.2) is 18.0 Å². The van der Waals surface area contributed by atoms with Crippen LogP contribution in [0.1, 0.15) is 15.9 Å². The highest BCUT2D eigenvalue weighted by atomic mass is 79.9. The molecule has 0 radical (unpaired) electrons. The summed E-state index contributed by atoms with van der Waals surface area (Å²) in [5, 5.41) is 3.27. The lowest BCUT2D eigenvalue weighted by Gasteiger charge is -2.07. The second-order valence-corrected chi connectivity index (χ2v) is 7.75. The Balaban J connectivity index is 1.61. The fourth-order valence-corrected chi connectivity index (χ4v) is 3.79. The standard InChI is InChI=1S/C22H16BrClN2O3/c1-12-3-6-15(17(24)9-12)21(27)25-14-5-8-20-18(11-14)26-22(29-20)13-4-7-19(28-2)16(23)10-13/h3-11H,1-2H3,(H,25,27). The average Bonchev–Trinajstić information content (AvgIpc) is 3.11. The predicted molar refractivity (Wildman–Crippen MR) is 118 cm³/mol. The molecule has 4 aromatic rings. The molecule has 0 fully saturated rings. The van der Waals surface area contributed by atoms with Crippen LogP contribution in [-0.2, 0) is 0 Å². The van der Waals surface area contributed by atoms with Crippen LogP contribution in [0, 0.1) is 6.92 Å². The monoisotopic (exact) mass is 470 g/mol. The topological polar surface area (TPSA) is 64.4 Å². The number of rotatable bonds is 4. The summed E-state index contributed by atoms with van der Waals surface area (Å²) in [5.74, 6) is 0.926. The van der Waals surface area contributed by atoms with E-state index in [0.29, 0.717) is 33.3 Å². The molecule has 0 bridgehead atoms. The fourth-order valence-electron chi connectivity index (χ4n) is 2.93. The molecule has 0 spiro atoms. The van der Waals surface area contributed by atoms with Crippen molar-refractivity contribution >= 4 is 50.2 Å². The van der Waals surface area contributed by atoms with Gasteiger partial charge in [-0.25, -0.2) is 4.98 Å². The zero-order valence-electron chi connectivity index (χ0n) is 15.6. The summed E-state index contributed by atoms with van der Waals surface area (Å²) in [5.41, 5.74) is 4.09. The van der Waals surface area contributed by atoms with E-state index < -0.39 is 0 Å². The number of anilines is 1. The summed E-state index contributed by atoms with van der Waals surface area (Å²) in [6.45, 7) is 1.92. The summed E-state index contributed by atoms with van der Waals surface area (Å²) in [7, 11) is 1.61. The number of halogens is 2. The largest absolute Gasteiger partial charge is 0.496 e. The average molecular weight is 472 g/mol. The molecule has 7 heteroatoms. The summed E-state index contributed by atoms with van der Waals surface area (Å²) in [6.07, 6.45) is 0. The summed E-state index contributed by atoms with van der Waals surface area (Å²) in [4.78, 5) is 17.1. The first kappa shape index (κ1) is 19.5. The highest BCUT2D eigenvalue weighted by molar-refractivity contribution is 9.10. The number of nitrogens with one attached hydrogen (secondary N) is 1. The summed E-state index contributed by atoms with van der Waals surface area (Å²) >= 11 is 9.66. The van der Waals surface area contributed by atoms with Crippen molar-refractivity contribution in [1.82, 2.24) is 4.98 Å². The molecule has 0 saturated heterocycles. The minimum atomic E-state index is -0.280. The molecule has 1 heterocycles. The predicted octanol–water partition coefficient (Wildman–Crippen LogP) is 6.48. The van der Waals surface area contributed by atoms with Crippen LogP contribution in [0.3, 0.4) is 0 Å². The van der Waals surface area contributed by atoms with Gasteiger partial charge in [-0.05, 0) is 76.9 Å². The molecule has 1 amide bonds. The third-order valence-electron chi connectivity index (χ3n) is 4.41. The van der Waals surface area contributed by atoms with E-state index in [4.69, 9.17) is 20.8 Å². The van der Waals surface area contributed by atoms with Crippen molar-refractivity contribution in [2.75, 3.05) is 12.4 Å². The van der Waals surface area contributed by atoms with Gasteiger partial charge in [0.05, 0.1) is 22.2 Å². The van der Waals surface area contributed by atoms with Gasteiger partial charge in [0.1, 0.15) is 11.3 Å². The Kier molecular flexibility index (Phi) is 5.30. The maximum absolute atomic E-state index is 12.6. The van der Waals surface area contributed by atoms with Crippen molar-refractivity contribution in [3.8, 4) is 17.2 Å². The van der Waals surface area contributed by atoms with E-state index in [1.54, 1.807) is 37.4 Å². The Morgan fingerprint density at radius 1 is 1.14 bits per heavy atom.